The highest BCUT2D eigenvalue weighted by Gasteiger charge is 2.48. The van der Waals surface area contributed by atoms with Crippen molar-refractivity contribution in [3.05, 3.63) is 29.8 Å². The third kappa shape index (κ3) is 3.87. The third-order valence-corrected chi connectivity index (χ3v) is 6.30. The number of methoxy groups -OCH3 is 1. The Bertz CT molecular complexity index is 658. The van der Waals surface area contributed by atoms with Crippen LogP contribution in [0.5, 0.6) is 5.75 Å². The van der Waals surface area contributed by atoms with Crippen molar-refractivity contribution in [2.24, 2.45) is 11.8 Å². The first-order chi connectivity index (χ1) is 13.2. The molecule has 0 spiro atoms. The van der Waals surface area contributed by atoms with Gasteiger partial charge in [-0.2, -0.15) is 0 Å². The zero-order chi connectivity index (χ0) is 18.8. The molecule has 2 saturated heterocycles. The molecular weight excluding hydrogens is 342 g/mol. The van der Waals surface area contributed by atoms with Crippen molar-refractivity contribution in [3.63, 3.8) is 0 Å². The van der Waals surface area contributed by atoms with Gasteiger partial charge in [0, 0.05) is 32.7 Å². The van der Waals surface area contributed by atoms with E-state index in [-0.39, 0.29) is 23.7 Å². The van der Waals surface area contributed by atoms with E-state index in [1.807, 2.05) is 12.1 Å². The maximum absolute atomic E-state index is 12.6. The van der Waals surface area contributed by atoms with Gasteiger partial charge in [-0.3, -0.25) is 24.3 Å². The summed E-state index contributed by atoms with van der Waals surface area (Å²) in [6.45, 7) is 5.08. The Hall–Kier alpha value is -1.92. The van der Waals surface area contributed by atoms with Crippen molar-refractivity contribution < 1.29 is 14.3 Å². The predicted molar refractivity (Wildman–Crippen MR) is 102 cm³/mol. The van der Waals surface area contributed by atoms with Crippen LogP contribution in [0.2, 0.25) is 0 Å². The normalized spacial score (nSPS) is 27.1. The summed E-state index contributed by atoms with van der Waals surface area (Å²) < 4.78 is 5.21. The number of imide groups is 1. The number of ether oxygens (including phenoxy) is 1. The van der Waals surface area contributed by atoms with Gasteiger partial charge in [0.15, 0.2) is 0 Å². The van der Waals surface area contributed by atoms with Crippen LogP contribution < -0.4 is 4.74 Å². The van der Waals surface area contributed by atoms with Gasteiger partial charge in [-0.25, -0.2) is 0 Å². The second-order valence-electron chi connectivity index (χ2n) is 7.99. The molecule has 3 fully saturated rings. The highest BCUT2D eigenvalue weighted by Crippen LogP contribution is 2.38. The number of likely N-dealkylation sites (tertiary alicyclic amines) is 1. The first kappa shape index (κ1) is 18.4. The van der Waals surface area contributed by atoms with Gasteiger partial charge in [0.25, 0.3) is 0 Å². The number of rotatable bonds is 5. The molecule has 0 N–H and O–H groups in total. The average Bonchev–Trinajstić information content (AvgIpc) is 2.95. The molecule has 0 unspecified atom stereocenters. The number of benzene rings is 1. The van der Waals surface area contributed by atoms with Gasteiger partial charge in [0.1, 0.15) is 5.75 Å². The van der Waals surface area contributed by atoms with Crippen LogP contribution in [0.25, 0.3) is 0 Å². The summed E-state index contributed by atoms with van der Waals surface area (Å²) in [6.07, 6.45) is 3.94. The topological polar surface area (TPSA) is 53.1 Å². The monoisotopic (exact) mass is 371 g/mol. The van der Waals surface area contributed by atoms with Gasteiger partial charge >= 0.3 is 0 Å². The number of nitrogens with zero attached hydrogens (tertiary/aromatic N) is 3. The van der Waals surface area contributed by atoms with E-state index in [1.165, 1.54) is 5.56 Å². The van der Waals surface area contributed by atoms with Crippen molar-refractivity contribution in [1.82, 2.24) is 14.7 Å². The minimum absolute atomic E-state index is 0.0392. The van der Waals surface area contributed by atoms with Crippen molar-refractivity contribution in [1.29, 1.82) is 0 Å². The highest BCUT2D eigenvalue weighted by atomic mass is 16.5. The summed E-state index contributed by atoms with van der Waals surface area (Å²) in [6, 6.07) is 8.20. The Labute approximate surface area is 161 Å². The van der Waals surface area contributed by atoms with Crippen LogP contribution in [0.4, 0.5) is 0 Å². The fraction of sp³-hybridized carbons (Fsp3) is 0.619. The second kappa shape index (κ2) is 7.98. The minimum Gasteiger partial charge on any atom is -0.497 e. The number of piperazine rings is 1. The van der Waals surface area contributed by atoms with E-state index in [2.05, 4.69) is 21.9 Å². The molecule has 27 heavy (non-hydrogen) atoms. The Kier molecular flexibility index (Phi) is 5.45. The van der Waals surface area contributed by atoms with Crippen LogP contribution in [-0.4, -0.2) is 66.5 Å². The highest BCUT2D eigenvalue weighted by molar-refractivity contribution is 6.05. The van der Waals surface area contributed by atoms with Crippen LogP contribution in [-0.2, 0) is 16.1 Å². The standard InChI is InChI=1S/C21H29N3O3/c1-27-17-8-6-16(7-9-17)14-22-10-12-23(13-11-22)15-24-20(25)18-4-2-3-5-19(18)21(24)26/h6-9,18-19H,2-5,10-15H2,1H3/t18-,19+. The molecule has 2 atom stereocenters. The Morgan fingerprint density at radius 3 is 2.00 bits per heavy atom. The van der Waals surface area contributed by atoms with Crippen LogP contribution in [0.3, 0.4) is 0 Å². The Morgan fingerprint density at radius 1 is 0.889 bits per heavy atom. The first-order valence-corrected chi connectivity index (χ1v) is 10.1. The van der Waals surface area contributed by atoms with E-state index in [4.69, 9.17) is 4.74 Å². The number of hydrogen-bond donors (Lipinski definition) is 0. The zero-order valence-electron chi connectivity index (χ0n) is 16.1. The summed E-state index contributed by atoms with van der Waals surface area (Å²) >= 11 is 0. The molecule has 2 amide bonds. The number of carbonyl (C=O) groups is 2. The molecule has 146 valence electrons. The summed E-state index contributed by atoms with van der Waals surface area (Å²) in [5.74, 6) is 0.949. The van der Waals surface area contributed by atoms with Crippen molar-refractivity contribution in [2.45, 2.75) is 32.2 Å². The van der Waals surface area contributed by atoms with Crippen molar-refractivity contribution in [3.8, 4) is 5.75 Å². The number of amides is 2. The van der Waals surface area contributed by atoms with Crippen LogP contribution >= 0.6 is 0 Å². The molecule has 0 radical (unpaired) electrons. The molecule has 3 aliphatic rings. The van der Waals surface area contributed by atoms with E-state index >= 15 is 0 Å². The maximum Gasteiger partial charge on any atom is 0.234 e. The Morgan fingerprint density at radius 2 is 1.44 bits per heavy atom. The van der Waals surface area contributed by atoms with Gasteiger partial charge in [-0.1, -0.05) is 25.0 Å². The van der Waals surface area contributed by atoms with Crippen molar-refractivity contribution in [2.75, 3.05) is 40.0 Å². The van der Waals surface area contributed by atoms with Gasteiger partial charge in [0.05, 0.1) is 25.6 Å². The Balaban J connectivity index is 1.28. The molecular formula is C21H29N3O3. The lowest BCUT2D eigenvalue weighted by Gasteiger charge is -2.36. The number of carbonyl (C=O) groups excluding carboxylic acids is 2. The minimum atomic E-state index is -0.0392. The van der Waals surface area contributed by atoms with Crippen LogP contribution in [0.1, 0.15) is 31.2 Å². The van der Waals surface area contributed by atoms with Gasteiger partial charge < -0.3 is 4.74 Å². The molecule has 1 aromatic rings. The van der Waals surface area contributed by atoms with E-state index in [0.29, 0.717) is 6.67 Å². The third-order valence-electron chi connectivity index (χ3n) is 6.30. The first-order valence-electron chi connectivity index (χ1n) is 10.1. The SMILES string of the molecule is COc1ccc(CN2CCN(CN3C(=O)[C@H]4CCCC[C@H]4C3=O)CC2)cc1. The van der Waals surface area contributed by atoms with Gasteiger partial charge in [0.2, 0.25) is 11.8 Å². The molecule has 4 rings (SSSR count). The van der Waals surface area contributed by atoms with Crippen LogP contribution in [0.15, 0.2) is 24.3 Å². The summed E-state index contributed by atoms with van der Waals surface area (Å²) in [4.78, 5) is 31.5. The molecule has 6 nitrogen and oxygen atoms in total. The lowest BCUT2D eigenvalue weighted by atomic mass is 9.81. The molecule has 0 bridgehead atoms. The smallest absolute Gasteiger partial charge is 0.234 e. The van der Waals surface area contributed by atoms with E-state index < -0.39 is 0 Å². The lowest BCUT2D eigenvalue weighted by Crippen LogP contribution is -2.51. The summed E-state index contributed by atoms with van der Waals surface area (Å²) in [5.41, 5.74) is 1.28. The number of hydrogen-bond acceptors (Lipinski definition) is 5. The van der Waals surface area contributed by atoms with E-state index in [1.54, 1.807) is 12.0 Å². The average molecular weight is 371 g/mol. The predicted octanol–water partition coefficient (Wildman–Crippen LogP) is 1.95. The fourth-order valence-electron chi connectivity index (χ4n) is 4.65. The molecule has 6 heteroatoms. The molecule has 1 aliphatic carbocycles. The van der Waals surface area contributed by atoms with Crippen LogP contribution in [0, 0.1) is 11.8 Å². The molecule has 1 aromatic carbocycles. The lowest BCUT2D eigenvalue weighted by molar-refractivity contribution is -0.142. The van der Waals surface area contributed by atoms with E-state index in [0.717, 1.165) is 64.2 Å². The number of fused-ring (bicyclic) bond motifs is 1. The summed E-state index contributed by atoms with van der Waals surface area (Å²) in [7, 11) is 1.68. The molecule has 0 aromatic heterocycles. The fourth-order valence-corrected chi connectivity index (χ4v) is 4.65. The molecule has 2 aliphatic heterocycles. The molecule has 2 heterocycles. The summed E-state index contributed by atoms with van der Waals surface area (Å²) in [5, 5.41) is 0. The zero-order valence-corrected chi connectivity index (χ0v) is 16.1. The largest absolute Gasteiger partial charge is 0.497 e. The molecule has 1 saturated carbocycles. The second-order valence-corrected chi connectivity index (χ2v) is 7.99. The van der Waals surface area contributed by atoms with Gasteiger partial charge in [-0.05, 0) is 30.5 Å². The van der Waals surface area contributed by atoms with Crippen molar-refractivity contribution >= 4 is 11.8 Å². The van der Waals surface area contributed by atoms with E-state index in [9.17, 15) is 9.59 Å². The quantitative estimate of drug-likeness (QED) is 0.741. The maximum atomic E-state index is 12.6. The van der Waals surface area contributed by atoms with Gasteiger partial charge in [-0.15, -0.1) is 0 Å².